The van der Waals surface area contributed by atoms with Gasteiger partial charge in [0.15, 0.2) is 0 Å². The van der Waals surface area contributed by atoms with E-state index in [-0.39, 0.29) is 0 Å². The highest BCUT2D eigenvalue weighted by Gasteiger charge is 2.17. The van der Waals surface area contributed by atoms with Crippen molar-refractivity contribution >= 4 is 0 Å². The zero-order valence-corrected chi connectivity index (χ0v) is 13.5. The summed E-state index contributed by atoms with van der Waals surface area (Å²) in [6.45, 7) is 14.3. The summed E-state index contributed by atoms with van der Waals surface area (Å²) in [4.78, 5) is 2.42. The molecule has 0 aliphatic carbocycles. The molecular weight excluding hydrogens is 232 g/mol. The summed E-state index contributed by atoms with van der Waals surface area (Å²) in [5, 5.41) is 3.65. The maximum Gasteiger partial charge on any atom is 0.0454 e. The molecule has 0 aromatic heterocycles. The highest BCUT2D eigenvalue weighted by Crippen LogP contribution is 2.24. The van der Waals surface area contributed by atoms with E-state index in [0.717, 1.165) is 19.6 Å². The van der Waals surface area contributed by atoms with Crippen LogP contribution in [-0.4, -0.2) is 31.6 Å². The van der Waals surface area contributed by atoms with Crippen molar-refractivity contribution in [3.05, 3.63) is 34.4 Å². The smallest absolute Gasteiger partial charge is 0.0454 e. The Hall–Kier alpha value is -0.860. The van der Waals surface area contributed by atoms with Gasteiger partial charge < -0.3 is 10.2 Å². The van der Waals surface area contributed by atoms with Crippen LogP contribution in [0.25, 0.3) is 0 Å². The lowest BCUT2D eigenvalue weighted by Gasteiger charge is -2.27. The Labute approximate surface area is 119 Å². The van der Waals surface area contributed by atoms with Gasteiger partial charge in [-0.25, -0.2) is 0 Å². The molecule has 1 rings (SSSR count). The SMILES string of the molecule is CCCN(C)CC(NCC)c1c(C)cc(C)cc1C. The molecule has 1 aromatic rings. The summed E-state index contributed by atoms with van der Waals surface area (Å²) in [7, 11) is 2.21. The van der Waals surface area contributed by atoms with Crippen LogP contribution in [0.3, 0.4) is 0 Å². The Kier molecular flexibility index (Phi) is 6.53. The first-order chi connectivity index (χ1) is 8.99. The maximum atomic E-state index is 3.65. The lowest BCUT2D eigenvalue weighted by Crippen LogP contribution is -2.34. The molecule has 0 aliphatic rings. The van der Waals surface area contributed by atoms with Crippen molar-refractivity contribution in [3.8, 4) is 0 Å². The molecule has 0 amide bonds. The fourth-order valence-corrected chi connectivity index (χ4v) is 3.03. The summed E-state index contributed by atoms with van der Waals surface area (Å²) >= 11 is 0. The molecule has 1 atom stereocenters. The highest BCUT2D eigenvalue weighted by molar-refractivity contribution is 5.39. The van der Waals surface area contributed by atoms with Crippen molar-refractivity contribution in [2.75, 3.05) is 26.7 Å². The van der Waals surface area contributed by atoms with Gasteiger partial charge in [-0.3, -0.25) is 0 Å². The molecule has 0 radical (unpaired) electrons. The van der Waals surface area contributed by atoms with Gasteiger partial charge in [-0.15, -0.1) is 0 Å². The Balaban J connectivity index is 2.98. The fourth-order valence-electron chi connectivity index (χ4n) is 3.03. The Morgan fingerprint density at radius 1 is 1.11 bits per heavy atom. The second-order valence-electron chi connectivity index (χ2n) is 5.68. The van der Waals surface area contributed by atoms with Crippen LogP contribution >= 0.6 is 0 Å². The van der Waals surface area contributed by atoms with Crippen molar-refractivity contribution in [3.63, 3.8) is 0 Å². The third-order valence-corrected chi connectivity index (χ3v) is 3.64. The lowest BCUT2D eigenvalue weighted by atomic mass is 9.93. The van der Waals surface area contributed by atoms with E-state index in [1.807, 2.05) is 0 Å². The normalized spacial score (nSPS) is 13.0. The minimum Gasteiger partial charge on any atom is -0.309 e. The van der Waals surface area contributed by atoms with E-state index in [0.29, 0.717) is 6.04 Å². The topological polar surface area (TPSA) is 15.3 Å². The molecule has 0 aliphatic heterocycles. The Bertz CT molecular complexity index is 375. The molecule has 1 aromatic carbocycles. The molecule has 2 nitrogen and oxygen atoms in total. The van der Waals surface area contributed by atoms with Gasteiger partial charge in [0, 0.05) is 12.6 Å². The van der Waals surface area contributed by atoms with E-state index >= 15 is 0 Å². The molecule has 0 spiro atoms. The van der Waals surface area contributed by atoms with Gasteiger partial charge >= 0.3 is 0 Å². The molecule has 0 saturated heterocycles. The first kappa shape index (κ1) is 16.2. The van der Waals surface area contributed by atoms with Crippen LogP contribution in [0.15, 0.2) is 12.1 Å². The molecule has 108 valence electrons. The largest absolute Gasteiger partial charge is 0.309 e. The van der Waals surface area contributed by atoms with Crippen LogP contribution in [0.5, 0.6) is 0 Å². The van der Waals surface area contributed by atoms with Gasteiger partial charge in [0.1, 0.15) is 0 Å². The van der Waals surface area contributed by atoms with Gasteiger partial charge in [-0.2, -0.15) is 0 Å². The number of rotatable bonds is 7. The first-order valence-electron chi connectivity index (χ1n) is 7.49. The van der Waals surface area contributed by atoms with Crippen molar-refractivity contribution in [1.29, 1.82) is 0 Å². The summed E-state index contributed by atoms with van der Waals surface area (Å²) in [5.74, 6) is 0. The summed E-state index contributed by atoms with van der Waals surface area (Å²) in [5.41, 5.74) is 5.66. The molecule has 0 saturated carbocycles. The zero-order chi connectivity index (χ0) is 14.4. The van der Waals surface area contributed by atoms with E-state index in [9.17, 15) is 0 Å². The number of likely N-dealkylation sites (N-methyl/N-ethyl adjacent to an activating group) is 2. The van der Waals surface area contributed by atoms with Crippen LogP contribution < -0.4 is 5.32 Å². The molecule has 2 heteroatoms. The summed E-state index contributed by atoms with van der Waals surface area (Å²) < 4.78 is 0. The number of nitrogens with one attached hydrogen (secondary N) is 1. The number of hydrogen-bond donors (Lipinski definition) is 1. The minimum atomic E-state index is 0.433. The average Bonchev–Trinajstić information content (AvgIpc) is 2.27. The third-order valence-electron chi connectivity index (χ3n) is 3.64. The van der Waals surface area contributed by atoms with Crippen LogP contribution in [-0.2, 0) is 0 Å². The Morgan fingerprint density at radius 3 is 2.16 bits per heavy atom. The van der Waals surface area contributed by atoms with Crippen molar-refractivity contribution in [2.45, 2.75) is 47.1 Å². The van der Waals surface area contributed by atoms with E-state index in [2.05, 4.69) is 64.0 Å². The van der Waals surface area contributed by atoms with Crippen LogP contribution in [0.1, 0.15) is 48.6 Å². The molecular formula is C17H30N2. The van der Waals surface area contributed by atoms with Crippen LogP contribution in [0.4, 0.5) is 0 Å². The van der Waals surface area contributed by atoms with E-state index in [4.69, 9.17) is 0 Å². The monoisotopic (exact) mass is 262 g/mol. The quantitative estimate of drug-likeness (QED) is 0.807. The van der Waals surface area contributed by atoms with E-state index in [1.54, 1.807) is 0 Å². The predicted molar refractivity (Wildman–Crippen MR) is 84.9 cm³/mol. The lowest BCUT2D eigenvalue weighted by molar-refractivity contribution is 0.292. The number of benzene rings is 1. The fraction of sp³-hybridized carbons (Fsp3) is 0.647. The van der Waals surface area contributed by atoms with Crippen LogP contribution in [0.2, 0.25) is 0 Å². The predicted octanol–water partition coefficient (Wildman–Crippen LogP) is 3.60. The van der Waals surface area contributed by atoms with Crippen molar-refractivity contribution in [1.82, 2.24) is 10.2 Å². The van der Waals surface area contributed by atoms with Gasteiger partial charge in [0.05, 0.1) is 0 Å². The van der Waals surface area contributed by atoms with Gasteiger partial charge in [0.25, 0.3) is 0 Å². The van der Waals surface area contributed by atoms with Gasteiger partial charge in [0.2, 0.25) is 0 Å². The Morgan fingerprint density at radius 2 is 1.68 bits per heavy atom. The number of hydrogen-bond acceptors (Lipinski definition) is 2. The highest BCUT2D eigenvalue weighted by atomic mass is 15.1. The number of nitrogens with zero attached hydrogens (tertiary/aromatic N) is 1. The van der Waals surface area contributed by atoms with Crippen LogP contribution in [0, 0.1) is 20.8 Å². The summed E-state index contributed by atoms with van der Waals surface area (Å²) in [6.07, 6.45) is 1.21. The maximum absolute atomic E-state index is 3.65. The zero-order valence-electron chi connectivity index (χ0n) is 13.5. The van der Waals surface area contributed by atoms with Gasteiger partial charge in [-0.1, -0.05) is 31.5 Å². The second-order valence-corrected chi connectivity index (χ2v) is 5.68. The summed E-state index contributed by atoms with van der Waals surface area (Å²) in [6, 6.07) is 5.03. The van der Waals surface area contributed by atoms with Crippen molar-refractivity contribution in [2.24, 2.45) is 0 Å². The second kappa shape index (κ2) is 7.66. The average molecular weight is 262 g/mol. The van der Waals surface area contributed by atoms with Crippen molar-refractivity contribution < 1.29 is 0 Å². The molecule has 19 heavy (non-hydrogen) atoms. The molecule has 0 bridgehead atoms. The minimum absolute atomic E-state index is 0.433. The molecule has 0 heterocycles. The molecule has 0 fully saturated rings. The van der Waals surface area contributed by atoms with E-state index < -0.39 is 0 Å². The molecule has 1 unspecified atom stereocenters. The number of aryl methyl sites for hydroxylation is 3. The van der Waals surface area contributed by atoms with Gasteiger partial charge in [-0.05, 0) is 64.0 Å². The third kappa shape index (κ3) is 4.63. The first-order valence-corrected chi connectivity index (χ1v) is 7.49. The molecule has 1 N–H and O–H groups in total. The standard InChI is InChI=1S/C17H30N2/c1-7-9-19(6)12-16(18-8-2)17-14(4)10-13(3)11-15(17)5/h10-11,16,18H,7-9,12H2,1-6H3. The van der Waals surface area contributed by atoms with E-state index in [1.165, 1.54) is 28.7 Å².